The van der Waals surface area contributed by atoms with Crippen LogP contribution in [0, 0.1) is 0 Å². The van der Waals surface area contributed by atoms with Crippen LogP contribution in [0.3, 0.4) is 0 Å². The van der Waals surface area contributed by atoms with Gasteiger partial charge >= 0.3 is 6.09 Å². The van der Waals surface area contributed by atoms with Crippen LogP contribution in [0.25, 0.3) is 0 Å². The largest absolute Gasteiger partial charge is 0.444 e. The van der Waals surface area contributed by atoms with Gasteiger partial charge in [0, 0.05) is 12.2 Å². The fourth-order valence-electron chi connectivity index (χ4n) is 2.80. The zero-order valence-corrected chi connectivity index (χ0v) is 18.4. The Kier molecular flexibility index (Phi) is 8.10. The summed E-state index contributed by atoms with van der Waals surface area (Å²) in [5.41, 5.74) is 5.75. The molecule has 4 amide bonds. The van der Waals surface area contributed by atoms with E-state index in [-0.39, 0.29) is 11.7 Å². The Balaban J connectivity index is 1.74. The van der Waals surface area contributed by atoms with Crippen molar-refractivity contribution in [3.63, 3.8) is 0 Å². The number of hydrogen-bond donors (Lipinski definition) is 3. The summed E-state index contributed by atoms with van der Waals surface area (Å²) in [7, 11) is 0. The zero-order valence-electron chi connectivity index (χ0n) is 17.6. The third-order valence-electron chi connectivity index (χ3n) is 4.15. The van der Waals surface area contributed by atoms with Gasteiger partial charge < -0.3 is 15.0 Å². The molecule has 0 aliphatic carbocycles. The highest BCUT2D eigenvalue weighted by Gasteiger charge is 2.24. The summed E-state index contributed by atoms with van der Waals surface area (Å²) in [5.74, 6) is -0.846. The third kappa shape index (κ3) is 7.25. The van der Waals surface area contributed by atoms with Gasteiger partial charge in [-0.1, -0.05) is 30.0 Å². The minimum Gasteiger partial charge on any atom is -0.444 e. The number of benzene rings is 1. The van der Waals surface area contributed by atoms with Gasteiger partial charge in [0.05, 0.1) is 5.75 Å². The molecule has 0 saturated heterocycles. The first-order valence-electron chi connectivity index (χ1n) is 9.67. The second-order valence-electron chi connectivity index (χ2n) is 7.84. The number of carbonyl (C=O) groups is 4. The Morgan fingerprint density at radius 3 is 2.57 bits per heavy atom. The molecule has 0 radical (unpaired) electrons. The number of para-hydroxylation sites is 1. The van der Waals surface area contributed by atoms with E-state index in [9.17, 15) is 19.2 Å². The van der Waals surface area contributed by atoms with Gasteiger partial charge in [-0.25, -0.2) is 4.79 Å². The normalized spacial score (nSPS) is 14.2. The van der Waals surface area contributed by atoms with Crippen LogP contribution < -0.4 is 21.1 Å². The lowest BCUT2D eigenvalue weighted by Crippen LogP contribution is -2.51. The van der Waals surface area contributed by atoms with E-state index in [4.69, 9.17) is 4.74 Å². The molecule has 1 aliphatic rings. The van der Waals surface area contributed by atoms with Gasteiger partial charge in [0.1, 0.15) is 11.6 Å². The number of ether oxygens (including phenoxy) is 1. The van der Waals surface area contributed by atoms with Gasteiger partial charge in [-0.3, -0.25) is 25.2 Å². The van der Waals surface area contributed by atoms with Gasteiger partial charge in [0.25, 0.3) is 11.1 Å². The topological polar surface area (TPSA) is 117 Å². The van der Waals surface area contributed by atoms with E-state index in [0.29, 0.717) is 6.54 Å². The van der Waals surface area contributed by atoms with Gasteiger partial charge in [-0.2, -0.15) is 0 Å². The van der Waals surface area contributed by atoms with Gasteiger partial charge in [0.15, 0.2) is 0 Å². The molecule has 1 atom stereocenters. The minimum absolute atomic E-state index is 0.0538. The molecule has 1 aliphatic heterocycles. The molecule has 1 heterocycles. The summed E-state index contributed by atoms with van der Waals surface area (Å²) in [6.45, 7) is 7.19. The lowest BCUT2D eigenvalue weighted by Gasteiger charge is -2.29. The van der Waals surface area contributed by atoms with Crippen molar-refractivity contribution in [2.45, 2.75) is 52.2 Å². The number of thioether (sulfide) groups is 1. The van der Waals surface area contributed by atoms with Crippen LogP contribution in [0.2, 0.25) is 0 Å². The SMILES string of the molecule is C[C@H](NC(=O)OC(C)(C)C)C(=O)NNC(=O)SCC(=O)N1CCCc2ccccc21. The molecule has 1 aromatic carbocycles. The van der Waals surface area contributed by atoms with Crippen molar-refractivity contribution in [1.29, 1.82) is 0 Å². The van der Waals surface area contributed by atoms with E-state index in [0.717, 1.165) is 35.9 Å². The van der Waals surface area contributed by atoms with E-state index in [1.807, 2.05) is 24.3 Å². The highest BCUT2D eigenvalue weighted by atomic mass is 32.2. The number of nitrogens with zero attached hydrogens (tertiary/aromatic N) is 1. The van der Waals surface area contributed by atoms with Crippen LogP contribution in [0.15, 0.2) is 24.3 Å². The van der Waals surface area contributed by atoms with E-state index < -0.39 is 28.9 Å². The first-order chi connectivity index (χ1) is 14.1. The maximum atomic E-state index is 12.5. The molecule has 0 fully saturated rings. The average molecular weight is 437 g/mol. The highest BCUT2D eigenvalue weighted by molar-refractivity contribution is 8.14. The van der Waals surface area contributed by atoms with Crippen molar-refractivity contribution in [3.8, 4) is 0 Å². The first-order valence-corrected chi connectivity index (χ1v) is 10.7. The standard InChI is InChI=1S/C20H28N4O5S/c1-13(21-18(27)29-20(2,3)4)17(26)22-23-19(28)30-12-16(25)24-11-7-9-14-8-5-6-10-15(14)24/h5-6,8,10,13H,7,9,11-12H2,1-4H3,(H,21,27)(H,22,26)(H,23,28)/t13-/m0/s1. The number of rotatable bonds is 4. The van der Waals surface area contributed by atoms with Crippen LogP contribution in [0.1, 0.15) is 39.7 Å². The van der Waals surface area contributed by atoms with Crippen LogP contribution in [0.5, 0.6) is 0 Å². The van der Waals surface area contributed by atoms with Crippen LogP contribution >= 0.6 is 11.8 Å². The first kappa shape index (κ1) is 23.5. The molecule has 0 spiro atoms. The van der Waals surface area contributed by atoms with Crippen LogP contribution in [-0.2, 0) is 20.7 Å². The molecule has 0 saturated carbocycles. The number of nitrogens with one attached hydrogen (secondary N) is 3. The summed E-state index contributed by atoms with van der Waals surface area (Å²) in [5, 5.41) is 1.79. The number of hydrazine groups is 1. The monoisotopic (exact) mass is 436 g/mol. The maximum Gasteiger partial charge on any atom is 0.408 e. The molecule has 30 heavy (non-hydrogen) atoms. The fraction of sp³-hybridized carbons (Fsp3) is 0.500. The van der Waals surface area contributed by atoms with Gasteiger partial charge in [0.2, 0.25) is 5.91 Å². The number of aryl methyl sites for hydroxylation is 1. The molecule has 0 aromatic heterocycles. The van der Waals surface area contributed by atoms with Gasteiger partial charge in [-0.05, 0) is 52.2 Å². The predicted octanol–water partition coefficient (Wildman–Crippen LogP) is 2.35. The van der Waals surface area contributed by atoms with Crippen molar-refractivity contribution in [1.82, 2.24) is 16.2 Å². The lowest BCUT2D eigenvalue weighted by molar-refractivity contribution is -0.123. The summed E-state index contributed by atoms with van der Waals surface area (Å²) in [4.78, 5) is 49.8. The minimum atomic E-state index is -0.920. The number of anilines is 1. The van der Waals surface area contributed by atoms with E-state index in [2.05, 4.69) is 16.2 Å². The summed E-state index contributed by atoms with van der Waals surface area (Å²) >= 11 is 0.760. The van der Waals surface area contributed by atoms with Crippen molar-refractivity contribution >= 4 is 40.6 Å². The number of amides is 4. The Morgan fingerprint density at radius 2 is 1.87 bits per heavy atom. The summed E-state index contributed by atoms with van der Waals surface area (Å²) in [6.07, 6.45) is 1.06. The number of alkyl carbamates (subject to hydrolysis) is 1. The third-order valence-corrected chi connectivity index (χ3v) is 4.91. The van der Waals surface area contributed by atoms with E-state index in [1.165, 1.54) is 6.92 Å². The molecule has 3 N–H and O–H groups in total. The highest BCUT2D eigenvalue weighted by Crippen LogP contribution is 2.27. The molecular weight excluding hydrogens is 408 g/mol. The van der Waals surface area contributed by atoms with Crippen molar-refractivity contribution in [2.24, 2.45) is 0 Å². The number of carbonyl (C=O) groups excluding carboxylic acids is 4. The Bertz CT molecular complexity index is 809. The molecule has 2 rings (SSSR count). The number of hydrogen-bond acceptors (Lipinski definition) is 6. The second-order valence-corrected chi connectivity index (χ2v) is 8.78. The Labute approximate surface area is 180 Å². The molecule has 10 heteroatoms. The Morgan fingerprint density at radius 1 is 1.17 bits per heavy atom. The molecule has 1 aromatic rings. The van der Waals surface area contributed by atoms with E-state index in [1.54, 1.807) is 25.7 Å². The lowest BCUT2D eigenvalue weighted by atomic mass is 10.0. The molecular formula is C20H28N4O5S. The van der Waals surface area contributed by atoms with Gasteiger partial charge in [-0.15, -0.1) is 0 Å². The average Bonchev–Trinajstić information content (AvgIpc) is 2.68. The fourth-order valence-corrected chi connectivity index (χ4v) is 3.34. The molecule has 164 valence electrons. The molecule has 9 nitrogen and oxygen atoms in total. The predicted molar refractivity (Wildman–Crippen MR) is 115 cm³/mol. The summed E-state index contributed by atoms with van der Waals surface area (Å²) < 4.78 is 5.07. The van der Waals surface area contributed by atoms with E-state index >= 15 is 0 Å². The number of fused-ring (bicyclic) bond motifs is 1. The van der Waals surface area contributed by atoms with Crippen molar-refractivity contribution < 1.29 is 23.9 Å². The second kappa shape index (κ2) is 10.3. The molecule has 0 bridgehead atoms. The smallest absolute Gasteiger partial charge is 0.408 e. The van der Waals surface area contributed by atoms with Crippen molar-refractivity contribution in [2.75, 3.05) is 17.2 Å². The zero-order chi connectivity index (χ0) is 22.3. The Hall–Kier alpha value is -2.75. The molecule has 0 unspecified atom stereocenters. The maximum absolute atomic E-state index is 12.5. The summed E-state index contributed by atoms with van der Waals surface area (Å²) in [6, 6.07) is 6.80. The van der Waals surface area contributed by atoms with Crippen molar-refractivity contribution in [3.05, 3.63) is 29.8 Å². The van der Waals surface area contributed by atoms with Crippen LogP contribution in [-0.4, -0.2) is 47.1 Å². The quantitative estimate of drug-likeness (QED) is 0.624. The van der Waals surface area contributed by atoms with Crippen LogP contribution in [0.4, 0.5) is 15.3 Å².